The zero-order chi connectivity index (χ0) is 15.5. The second-order valence-electron chi connectivity index (χ2n) is 5.08. The maximum absolute atomic E-state index is 12.8. The second-order valence-corrected chi connectivity index (χ2v) is 5.08. The summed E-state index contributed by atoms with van der Waals surface area (Å²) in [7, 11) is 0. The van der Waals surface area contributed by atoms with Gasteiger partial charge in [0.1, 0.15) is 0 Å². The SMILES string of the molecule is CCNc1cnccc1C(=O)N1CCCC(C(F)(F)F)C1. The Labute approximate surface area is 121 Å². The highest BCUT2D eigenvalue weighted by Crippen LogP contribution is 2.33. The van der Waals surface area contributed by atoms with Crippen LogP contribution in [0.4, 0.5) is 18.9 Å². The van der Waals surface area contributed by atoms with Gasteiger partial charge < -0.3 is 10.2 Å². The molecule has 2 heterocycles. The van der Waals surface area contributed by atoms with Crippen LogP contribution in [0.5, 0.6) is 0 Å². The number of nitrogens with zero attached hydrogens (tertiary/aromatic N) is 2. The van der Waals surface area contributed by atoms with Gasteiger partial charge in [0.2, 0.25) is 0 Å². The molecule has 2 rings (SSSR count). The van der Waals surface area contributed by atoms with E-state index in [1.807, 2.05) is 6.92 Å². The van der Waals surface area contributed by atoms with Crippen LogP contribution in [0.2, 0.25) is 0 Å². The first-order valence-electron chi connectivity index (χ1n) is 6.97. The van der Waals surface area contributed by atoms with Crippen LogP contribution in [-0.4, -0.2) is 41.6 Å². The number of halogens is 3. The predicted octanol–water partition coefficient (Wildman–Crippen LogP) is 2.93. The maximum Gasteiger partial charge on any atom is 0.393 e. The number of rotatable bonds is 3. The van der Waals surface area contributed by atoms with Crippen LogP contribution in [0.15, 0.2) is 18.5 Å². The molecule has 0 radical (unpaired) electrons. The average molecular weight is 301 g/mol. The summed E-state index contributed by atoms with van der Waals surface area (Å²) in [6.45, 7) is 2.58. The zero-order valence-electron chi connectivity index (χ0n) is 11.8. The Kier molecular flexibility index (Phi) is 4.69. The Bertz CT molecular complexity index is 504. The molecular formula is C14H18F3N3O. The molecule has 1 atom stereocenters. The van der Waals surface area contributed by atoms with Gasteiger partial charge in [0.25, 0.3) is 5.91 Å². The first kappa shape index (κ1) is 15.6. The van der Waals surface area contributed by atoms with Crippen LogP contribution < -0.4 is 5.32 Å². The third-order valence-corrected chi connectivity index (χ3v) is 3.59. The van der Waals surface area contributed by atoms with E-state index in [2.05, 4.69) is 10.3 Å². The van der Waals surface area contributed by atoms with Crippen molar-refractivity contribution in [2.75, 3.05) is 25.0 Å². The minimum absolute atomic E-state index is 0.0870. The van der Waals surface area contributed by atoms with E-state index in [9.17, 15) is 18.0 Å². The lowest BCUT2D eigenvalue weighted by molar-refractivity contribution is -0.184. The molecule has 0 aromatic carbocycles. The van der Waals surface area contributed by atoms with Crippen molar-refractivity contribution in [3.8, 4) is 0 Å². The normalized spacial score (nSPS) is 19.4. The number of carbonyl (C=O) groups is 1. The van der Waals surface area contributed by atoms with Crippen LogP contribution in [0.25, 0.3) is 0 Å². The molecule has 4 nitrogen and oxygen atoms in total. The van der Waals surface area contributed by atoms with Gasteiger partial charge >= 0.3 is 6.18 Å². The Morgan fingerprint density at radius 1 is 1.52 bits per heavy atom. The molecular weight excluding hydrogens is 283 g/mol. The lowest BCUT2D eigenvalue weighted by Gasteiger charge is -2.34. The van der Waals surface area contributed by atoms with E-state index in [4.69, 9.17) is 0 Å². The van der Waals surface area contributed by atoms with Crippen LogP contribution in [0, 0.1) is 5.92 Å². The van der Waals surface area contributed by atoms with Gasteiger partial charge in [-0.2, -0.15) is 13.2 Å². The van der Waals surface area contributed by atoms with E-state index < -0.39 is 12.1 Å². The molecule has 1 unspecified atom stereocenters. The summed E-state index contributed by atoms with van der Waals surface area (Å²) in [5.74, 6) is -1.80. The Hall–Kier alpha value is -1.79. The molecule has 1 amide bonds. The van der Waals surface area contributed by atoms with Gasteiger partial charge in [-0.1, -0.05) is 0 Å². The van der Waals surface area contributed by atoms with Gasteiger partial charge in [-0.15, -0.1) is 0 Å². The van der Waals surface area contributed by atoms with Crippen molar-refractivity contribution in [3.63, 3.8) is 0 Å². The minimum atomic E-state index is -4.25. The minimum Gasteiger partial charge on any atom is -0.383 e. The smallest absolute Gasteiger partial charge is 0.383 e. The molecule has 1 aliphatic heterocycles. The summed E-state index contributed by atoms with van der Waals surface area (Å²) in [6.07, 6.45) is -0.801. The van der Waals surface area contributed by atoms with Crippen molar-refractivity contribution in [1.82, 2.24) is 9.88 Å². The Morgan fingerprint density at radius 3 is 2.95 bits per heavy atom. The highest BCUT2D eigenvalue weighted by atomic mass is 19.4. The zero-order valence-corrected chi connectivity index (χ0v) is 11.8. The van der Waals surface area contributed by atoms with Crippen LogP contribution in [-0.2, 0) is 0 Å². The van der Waals surface area contributed by atoms with E-state index in [-0.39, 0.29) is 18.9 Å². The lowest BCUT2D eigenvalue weighted by Crippen LogP contribution is -2.44. The molecule has 116 valence electrons. The predicted molar refractivity (Wildman–Crippen MR) is 73.1 cm³/mol. The van der Waals surface area contributed by atoms with Gasteiger partial charge in [0, 0.05) is 25.8 Å². The van der Waals surface area contributed by atoms with Gasteiger partial charge in [0.15, 0.2) is 0 Å². The van der Waals surface area contributed by atoms with E-state index in [1.54, 1.807) is 0 Å². The van der Waals surface area contributed by atoms with Crippen LogP contribution >= 0.6 is 0 Å². The highest BCUT2D eigenvalue weighted by Gasteiger charge is 2.42. The van der Waals surface area contributed by atoms with Gasteiger partial charge in [-0.3, -0.25) is 9.78 Å². The van der Waals surface area contributed by atoms with E-state index in [1.165, 1.54) is 23.4 Å². The third-order valence-electron chi connectivity index (χ3n) is 3.59. The summed E-state index contributed by atoms with van der Waals surface area (Å²) in [6, 6.07) is 1.54. The number of hydrogen-bond acceptors (Lipinski definition) is 3. The number of aromatic nitrogens is 1. The molecule has 1 N–H and O–H groups in total. The molecule has 1 aliphatic rings. The molecule has 0 aliphatic carbocycles. The van der Waals surface area contributed by atoms with Crippen LogP contribution in [0.3, 0.4) is 0 Å². The quantitative estimate of drug-likeness (QED) is 0.933. The molecule has 1 saturated heterocycles. The number of piperidine rings is 1. The number of alkyl halides is 3. The molecule has 0 saturated carbocycles. The highest BCUT2D eigenvalue weighted by molar-refractivity contribution is 5.99. The van der Waals surface area contributed by atoms with Crippen molar-refractivity contribution in [3.05, 3.63) is 24.0 Å². The monoisotopic (exact) mass is 301 g/mol. The number of hydrogen-bond donors (Lipinski definition) is 1. The summed E-state index contributed by atoms with van der Waals surface area (Å²) in [4.78, 5) is 17.7. The molecule has 0 bridgehead atoms. The summed E-state index contributed by atoms with van der Waals surface area (Å²) >= 11 is 0. The molecule has 0 spiro atoms. The first-order chi connectivity index (χ1) is 9.93. The fourth-order valence-corrected chi connectivity index (χ4v) is 2.51. The van der Waals surface area contributed by atoms with Gasteiger partial charge in [-0.05, 0) is 25.8 Å². The first-order valence-corrected chi connectivity index (χ1v) is 6.97. The van der Waals surface area contributed by atoms with Crippen molar-refractivity contribution >= 4 is 11.6 Å². The van der Waals surface area contributed by atoms with Crippen molar-refractivity contribution < 1.29 is 18.0 Å². The molecule has 1 aromatic rings. The third kappa shape index (κ3) is 3.65. The van der Waals surface area contributed by atoms with E-state index in [0.29, 0.717) is 30.8 Å². The van der Waals surface area contributed by atoms with Crippen molar-refractivity contribution in [2.45, 2.75) is 25.9 Å². The second kappa shape index (κ2) is 6.32. The maximum atomic E-state index is 12.8. The van der Waals surface area contributed by atoms with Gasteiger partial charge in [-0.25, -0.2) is 0 Å². The molecule has 7 heteroatoms. The fourth-order valence-electron chi connectivity index (χ4n) is 2.51. The Balaban J connectivity index is 2.16. The van der Waals surface area contributed by atoms with Gasteiger partial charge in [0.05, 0.1) is 23.4 Å². The lowest BCUT2D eigenvalue weighted by atomic mass is 9.97. The summed E-state index contributed by atoms with van der Waals surface area (Å²) < 4.78 is 38.5. The molecule has 1 fully saturated rings. The van der Waals surface area contributed by atoms with E-state index >= 15 is 0 Å². The number of pyridine rings is 1. The standard InChI is InChI=1S/C14H18F3N3O/c1-2-19-12-8-18-6-5-11(12)13(21)20-7-3-4-10(9-20)14(15,16)17/h5-6,8,10,19H,2-4,7,9H2,1H3. The molecule has 21 heavy (non-hydrogen) atoms. The average Bonchev–Trinajstić information content (AvgIpc) is 2.47. The Morgan fingerprint density at radius 2 is 2.29 bits per heavy atom. The number of nitrogens with one attached hydrogen (secondary N) is 1. The summed E-state index contributed by atoms with van der Waals surface area (Å²) in [5, 5.41) is 3.01. The van der Waals surface area contributed by atoms with Crippen molar-refractivity contribution in [2.24, 2.45) is 5.92 Å². The van der Waals surface area contributed by atoms with Crippen LogP contribution in [0.1, 0.15) is 30.1 Å². The topological polar surface area (TPSA) is 45.2 Å². The fraction of sp³-hybridized carbons (Fsp3) is 0.571. The number of anilines is 1. The summed E-state index contributed by atoms with van der Waals surface area (Å²) in [5.41, 5.74) is 0.925. The van der Waals surface area contributed by atoms with E-state index in [0.717, 1.165) is 0 Å². The van der Waals surface area contributed by atoms with Crippen molar-refractivity contribution in [1.29, 1.82) is 0 Å². The number of likely N-dealkylation sites (tertiary alicyclic amines) is 1. The molecule has 1 aromatic heterocycles. The number of carbonyl (C=O) groups excluding carboxylic acids is 1. The largest absolute Gasteiger partial charge is 0.393 e. The number of amides is 1.